The molecule has 0 saturated heterocycles. The number of rotatable bonds is 9. The van der Waals surface area contributed by atoms with Gasteiger partial charge in [-0.2, -0.15) is 0 Å². The Balaban J connectivity index is 0.939. The largest absolute Gasteiger partial charge is 0.455 e. The molecule has 1 fully saturated rings. The molecular weight excluding hydrogens is 883 g/mol. The summed E-state index contributed by atoms with van der Waals surface area (Å²) in [6.45, 7) is 0. The number of nitrogens with zero attached hydrogens (tertiary/aromatic N) is 1. The quantitative estimate of drug-likeness (QED) is 0.143. The first-order chi connectivity index (χ1) is 36.2. The van der Waals surface area contributed by atoms with E-state index in [2.05, 4.69) is 254 Å². The van der Waals surface area contributed by atoms with Crippen molar-refractivity contribution >= 4 is 49.8 Å². The van der Waals surface area contributed by atoms with Gasteiger partial charge in [0.15, 0.2) is 0 Å². The van der Waals surface area contributed by atoms with Gasteiger partial charge in [0.1, 0.15) is 11.2 Å². The highest BCUT2D eigenvalue weighted by Crippen LogP contribution is 2.57. The molecule has 0 aliphatic heterocycles. The molecular formula is C71H53NO. The van der Waals surface area contributed by atoms with Gasteiger partial charge in [0.25, 0.3) is 0 Å². The van der Waals surface area contributed by atoms with E-state index >= 15 is 0 Å². The second kappa shape index (κ2) is 17.8. The SMILES string of the molecule is c1ccc(C2(c3ccccc3)c3ccccc3-c3ccc(-c4ccc(N(c5cccc(-c6cccc7c6oc6ccccc67)c5)c5ccccc5-c5cccc6cccc(C7CCCCC7)c56)cc4)cc32)cc1. The van der Waals surface area contributed by atoms with Gasteiger partial charge in [-0.25, -0.2) is 0 Å². The summed E-state index contributed by atoms with van der Waals surface area (Å²) in [6, 6.07) is 94.4. The zero-order valence-corrected chi connectivity index (χ0v) is 40.7. The Hall–Kier alpha value is -8.72. The first-order valence-electron chi connectivity index (χ1n) is 26.1. The summed E-state index contributed by atoms with van der Waals surface area (Å²) in [6.07, 6.45) is 6.41. The van der Waals surface area contributed by atoms with E-state index in [4.69, 9.17) is 4.42 Å². The molecule has 0 N–H and O–H groups in total. The average molecular weight is 936 g/mol. The van der Waals surface area contributed by atoms with Crippen LogP contribution in [0.25, 0.3) is 77.2 Å². The molecule has 348 valence electrons. The minimum atomic E-state index is -0.471. The Kier molecular flexibility index (Phi) is 10.5. The van der Waals surface area contributed by atoms with Crippen LogP contribution in [0.15, 0.2) is 259 Å². The lowest BCUT2D eigenvalue weighted by Gasteiger charge is -2.34. The van der Waals surface area contributed by atoms with Crippen molar-refractivity contribution in [3.63, 3.8) is 0 Å². The topological polar surface area (TPSA) is 16.4 Å². The fraction of sp³-hybridized carbons (Fsp3) is 0.0986. The third kappa shape index (κ3) is 7.07. The van der Waals surface area contributed by atoms with Crippen molar-refractivity contribution < 1.29 is 4.42 Å². The molecule has 0 amide bonds. The third-order valence-electron chi connectivity index (χ3n) is 16.2. The van der Waals surface area contributed by atoms with Crippen molar-refractivity contribution in [2.75, 3.05) is 4.90 Å². The van der Waals surface area contributed by atoms with Gasteiger partial charge in [-0.05, 0) is 133 Å². The first-order valence-corrected chi connectivity index (χ1v) is 26.1. The minimum Gasteiger partial charge on any atom is -0.455 e. The van der Waals surface area contributed by atoms with Crippen LogP contribution in [0.2, 0.25) is 0 Å². The van der Waals surface area contributed by atoms with Crippen LogP contribution in [-0.4, -0.2) is 0 Å². The van der Waals surface area contributed by atoms with Crippen molar-refractivity contribution in [1.82, 2.24) is 0 Å². The van der Waals surface area contributed by atoms with Crippen molar-refractivity contribution in [1.29, 1.82) is 0 Å². The fourth-order valence-corrected chi connectivity index (χ4v) is 12.9. The average Bonchev–Trinajstić information content (AvgIpc) is 4.04. The molecule has 11 aromatic carbocycles. The number of anilines is 3. The van der Waals surface area contributed by atoms with E-state index in [0.717, 1.165) is 50.1 Å². The zero-order valence-electron chi connectivity index (χ0n) is 40.7. The molecule has 12 aromatic rings. The molecule has 0 atom stereocenters. The molecule has 2 aliphatic carbocycles. The maximum atomic E-state index is 6.64. The van der Waals surface area contributed by atoms with Crippen molar-refractivity contribution in [2.45, 2.75) is 43.4 Å². The lowest BCUT2D eigenvalue weighted by Crippen LogP contribution is -2.28. The molecule has 0 bridgehead atoms. The Morgan fingerprint density at radius 1 is 0.384 bits per heavy atom. The van der Waals surface area contributed by atoms with E-state index in [1.54, 1.807) is 0 Å². The summed E-state index contributed by atoms with van der Waals surface area (Å²) in [5.41, 5.74) is 20.9. The van der Waals surface area contributed by atoms with Crippen LogP contribution in [0.1, 0.15) is 65.8 Å². The molecule has 14 rings (SSSR count). The minimum absolute atomic E-state index is 0.471. The Labute approximate surface area is 427 Å². The van der Waals surface area contributed by atoms with Gasteiger partial charge in [-0.15, -0.1) is 0 Å². The Bertz CT molecular complexity index is 3960. The molecule has 73 heavy (non-hydrogen) atoms. The molecule has 0 spiro atoms. The normalized spacial score (nSPS) is 14.1. The summed E-state index contributed by atoms with van der Waals surface area (Å²) in [5.74, 6) is 0.561. The van der Waals surface area contributed by atoms with Crippen LogP contribution < -0.4 is 4.90 Å². The van der Waals surface area contributed by atoms with Crippen LogP contribution in [0.4, 0.5) is 17.1 Å². The molecule has 1 aromatic heterocycles. The van der Waals surface area contributed by atoms with Gasteiger partial charge >= 0.3 is 0 Å². The summed E-state index contributed by atoms with van der Waals surface area (Å²) in [5, 5.41) is 4.94. The van der Waals surface area contributed by atoms with E-state index in [-0.39, 0.29) is 0 Å². The van der Waals surface area contributed by atoms with Gasteiger partial charge in [-0.1, -0.05) is 232 Å². The van der Waals surface area contributed by atoms with E-state index in [9.17, 15) is 0 Å². The number of para-hydroxylation sites is 3. The van der Waals surface area contributed by atoms with E-state index in [0.29, 0.717) is 5.92 Å². The summed E-state index contributed by atoms with van der Waals surface area (Å²) < 4.78 is 6.64. The number of hydrogen-bond acceptors (Lipinski definition) is 2. The van der Waals surface area contributed by atoms with Crippen LogP contribution in [0, 0.1) is 0 Å². The summed E-state index contributed by atoms with van der Waals surface area (Å²) in [7, 11) is 0. The monoisotopic (exact) mass is 935 g/mol. The predicted molar refractivity (Wildman–Crippen MR) is 305 cm³/mol. The van der Waals surface area contributed by atoms with Crippen LogP contribution >= 0.6 is 0 Å². The van der Waals surface area contributed by atoms with Gasteiger partial charge in [0, 0.05) is 33.3 Å². The highest BCUT2D eigenvalue weighted by molar-refractivity contribution is 6.10. The lowest BCUT2D eigenvalue weighted by molar-refractivity contribution is 0.445. The molecule has 2 aliphatic rings. The Morgan fingerprint density at radius 2 is 1.00 bits per heavy atom. The lowest BCUT2D eigenvalue weighted by atomic mass is 9.67. The van der Waals surface area contributed by atoms with E-state index in [1.165, 1.54) is 104 Å². The second-order valence-corrected chi connectivity index (χ2v) is 20.1. The van der Waals surface area contributed by atoms with Gasteiger partial charge < -0.3 is 9.32 Å². The van der Waals surface area contributed by atoms with E-state index in [1.807, 2.05) is 6.07 Å². The predicted octanol–water partition coefficient (Wildman–Crippen LogP) is 19.6. The summed E-state index contributed by atoms with van der Waals surface area (Å²) in [4.78, 5) is 2.47. The van der Waals surface area contributed by atoms with Crippen molar-refractivity contribution in [3.8, 4) is 44.5 Å². The maximum Gasteiger partial charge on any atom is 0.143 e. The number of benzene rings is 11. The van der Waals surface area contributed by atoms with Crippen molar-refractivity contribution in [3.05, 3.63) is 283 Å². The van der Waals surface area contributed by atoms with E-state index < -0.39 is 5.41 Å². The Morgan fingerprint density at radius 3 is 1.81 bits per heavy atom. The first kappa shape index (κ1) is 43.1. The summed E-state index contributed by atoms with van der Waals surface area (Å²) >= 11 is 0. The smallest absolute Gasteiger partial charge is 0.143 e. The molecule has 1 saturated carbocycles. The van der Waals surface area contributed by atoms with Crippen LogP contribution in [0.5, 0.6) is 0 Å². The van der Waals surface area contributed by atoms with Crippen molar-refractivity contribution in [2.24, 2.45) is 0 Å². The molecule has 0 radical (unpaired) electrons. The number of hydrogen-bond donors (Lipinski definition) is 0. The molecule has 1 heterocycles. The highest BCUT2D eigenvalue weighted by Gasteiger charge is 2.46. The highest BCUT2D eigenvalue weighted by atomic mass is 16.3. The fourth-order valence-electron chi connectivity index (χ4n) is 12.9. The third-order valence-corrected chi connectivity index (χ3v) is 16.2. The molecule has 2 nitrogen and oxygen atoms in total. The van der Waals surface area contributed by atoms with Gasteiger partial charge in [-0.3, -0.25) is 0 Å². The molecule has 0 unspecified atom stereocenters. The number of fused-ring (bicyclic) bond motifs is 7. The second-order valence-electron chi connectivity index (χ2n) is 20.1. The van der Waals surface area contributed by atoms with Crippen LogP contribution in [0.3, 0.4) is 0 Å². The van der Waals surface area contributed by atoms with Gasteiger partial charge in [0.2, 0.25) is 0 Å². The zero-order chi connectivity index (χ0) is 48.3. The standard InChI is InChI=1S/C71H53NO/c1-4-20-49(21-5-1)57-33-17-22-50-23-18-35-63(69(50)57)61-31-11-14-38-67(61)72(56-29-16-24-52(46-56)58-34-19-36-64-62-32-12-15-39-68(62)73-70(58)64)55-43-40-48(41-44-55)51-42-45-60-59-30-10-13-37-65(59)71(66(60)47-51,53-25-6-2-7-26-53)54-27-8-3-9-28-54/h2-3,6-19,22-47,49H,1,4-5,20-21H2. The maximum absolute atomic E-state index is 6.64. The van der Waals surface area contributed by atoms with Gasteiger partial charge in [0.05, 0.1) is 11.1 Å². The molecule has 2 heteroatoms. The number of furan rings is 1. The van der Waals surface area contributed by atoms with Crippen LogP contribution in [-0.2, 0) is 5.41 Å².